The van der Waals surface area contributed by atoms with E-state index in [1.165, 1.54) is 11.1 Å². The molecule has 23 heavy (non-hydrogen) atoms. The number of hydrazone groups is 1. The van der Waals surface area contributed by atoms with E-state index in [0.717, 1.165) is 11.3 Å². The summed E-state index contributed by atoms with van der Waals surface area (Å²) < 4.78 is 0. The van der Waals surface area contributed by atoms with Crippen LogP contribution in [0.2, 0.25) is 0 Å². The molecular formula is C17H17N5S. The molecule has 1 heterocycles. The Labute approximate surface area is 139 Å². The molecule has 116 valence electrons. The average Bonchev–Trinajstić information content (AvgIpc) is 3.02. The van der Waals surface area contributed by atoms with Crippen molar-refractivity contribution in [2.45, 2.75) is 17.8 Å². The summed E-state index contributed by atoms with van der Waals surface area (Å²) in [6.07, 6.45) is 1.74. The first-order chi connectivity index (χ1) is 11.3. The molecule has 0 aliphatic rings. The zero-order valence-corrected chi connectivity index (χ0v) is 13.5. The lowest BCUT2D eigenvalue weighted by molar-refractivity contribution is 0.972. The van der Waals surface area contributed by atoms with E-state index in [-0.39, 0.29) is 0 Å². The minimum Gasteiger partial charge on any atom is -0.246 e. The first-order valence-electron chi connectivity index (χ1n) is 7.24. The standard InChI is InChI=1S/C17H17N5S/c1-13-6-5-9-15(10-13)12-23-17-19-16(21-22-17)20-18-11-14-7-3-2-4-8-14/h2-11H,12H2,1H3,(H2,19,20,21,22)/b18-11-. The number of rotatable bonds is 6. The highest BCUT2D eigenvalue weighted by Crippen LogP contribution is 2.20. The number of aryl methyl sites for hydroxylation is 1. The van der Waals surface area contributed by atoms with Gasteiger partial charge in [-0.25, -0.2) is 10.5 Å². The fourth-order valence-electron chi connectivity index (χ4n) is 2.02. The van der Waals surface area contributed by atoms with Gasteiger partial charge in [0.25, 0.3) is 0 Å². The maximum atomic E-state index is 4.35. The van der Waals surface area contributed by atoms with Gasteiger partial charge in [0.1, 0.15) is 0 Å². The Kier molecular flexibility index (Phi) is 5.06. The molecule has 2 N–H and O–H groups in total. The summed E-state index contributed by atoms with van der Waals surface area (Å²) in [7, 11) is 0. The van der Waals surface area contributed by atoms with Crippen molar-refractivity contribution in [3.8, 4) is 0 Å². The van der Waals surface area contributed by atoms with Gasteiger partial charge in [-0.2, -0.15) is 10.1 Å². The number of hydrogen-bond donors (Lipinski definition) is 2. The van der Waals surface area contributed by atoms with Crippen LogP contribution in [0.3, 0.4) is 0 Å². The molecule has 5 nitrogen and oxygen atoms in total. The lowest BCUT2D eigenvalue weighted by Gasteiger charge is -1.99. The SMILES string of the molecule is Cc1cccc(CSc2n[nH]c(N/N=C\c3ccccc3)n2)c1. The highest BCUT2D eigenvalue weighted by Gasteiger charge is 2.03. The predicted molar refractivity (Wildman–Crippen MR) is 94.8 cm³/mol. The van der Waals surface area contributed by atoms with E-state index in [9.17, 15) is 0 Å². The van der Waals surface area contributed by atoms with Gasteiger partial charge >= 0.3 is 0 Å². The van der Waals surface area contributed by atoms with Crippen molar-refractivity contribution in [3.63, 3.8) is 0 Å². The minimum atomic E-state index is 0.531. The second-order valence-corrected chi connectivity index (χ2v) is 5.97. The molecule has 3 rings (SSSR count). The number of nitrogens with one attached hydrogen (secondary N) is 2. The number of aromatic amines is 1. The first-order valence-corrected chi connectivity index (χ1v) is 8.23. The highest BCUT2D eigenvalue weighted by atomic mass is 32.2. The summed E-state index contributed by atoms with van der Waals surface area (Å²) in [6, 6.07) is 18.3. The quantitative estimate of drug-likeness (QED) is 0.411. The van der Waals surface area contributed by atoms with Gasteiger partial charge in [-0.15, -0.1) is 5.10 Å². The van der Waals surface area contributed by atoms with Crippen molar-refractivity contribution in [3.05, 3.63) is 71.3 Å². The van der Waals surface area contributed by atoms with Crippen LogP contribution >= 0.6 is 11.8 Å². The summed E-state index contributed by atoms with van der Waals surface area (Å²) in [6.45, 7) is 2.09. The van der Waals surface area contributed by atoms with E-state index in [0.29, 0.717) is 11.1 Å². The number of H-pyrrole nitrogens is 1. The van der Waals surface area contributed by atoms with Gasteiger partial charge in [0.05, 0.1) is 6.21 Å². The molecule has 0 aliphatic carbocycles. The van der Waals surface area contributed by atoms with Crippen LogP contribution in [0.25, 0.3) is 0 Å². The van der Waals surface area contributed by atoms with Gasteiger partial charge in [-0.1, -0.05) is 71.9 Å². The van der Waals surface area contributed by atoms with Gasteiger partial charge in [-0.05, 0) is 18.1 Å². The van der Waals surface area contributed by atoms with Gasteiger partial charge in [0.15, 0.2) is 0 Å². The Morgan fingerprint density at radius 3 is 2.87 bits per heavy atom. The molecule has 0 radical (unpaired) electrons. The fourth-order valence-corrected chi connectivity index (χ4v) is 2.76. The number of hydrogen-bond acceptors (Lipinski definition) is 5. The molecule has 0 spiro atoms. The van der Waals surface area contributed by atoms with Crippen LogP contribution in [0.15, 0.2) is 64.9 Å². The number of benzene rings is 2. The van der Waals surface area contributed by atoms with Crippen molar-refractivity contribution >= 4 is 23.9 Å². The second kappa shape index (κ2) is 7.60. The van der Waals surface area contributed by atoms with Crippen LogP contribution in [0.1, 0.15) is 16.7 Å². The third-order valence-electron chi connectivity index (χ3n) is 3.10. The van der Waals surface area contributed by atoms with Gasteiger partial charge < -0.3 is 0 Å². The second-order valence-electron chi connectivity index (χ2n) is 5.03. The zero-order valence-electron chi connectivity index (χ0n) is 12.7. The summed E-state index contributed by atoms with van der Waals surface area (Å²) in [5.74, 6) is 1.37. The van der Waals surface area contributed by atoms with E-state index in [2.05, 4.69) is 56.9 Å². The largest absolute Gasteiger partial charge is 0.246 e. The molecule has 2 aromatic carbocycles. The van der Waals surface area contributed by atoms with Crippen LogP contribution in [0, 0.1) is 6.92 Å². The van der Waals surface area contributed by atoms with Gasteiger partial charge in [0.2, 0.25) is 11.1 Å². The lowest BCUT2D eigenvalue weighted by Crippen LogP contribution is -1.92. The summed E-state index contributed by atoms with van der Waals surface area (Å²) in [5.41, 5.74) is 6.39. The lowest BCUT2D eigenvalue weighted by atomic mass is 10.2. The van der Waals surface area contributed by atoms with Crippen LogP contribution in [0.5, 0.6) is 0 Å². The predicted octanol–water partition coefficient (Wildman–Crippen LogP) is 3.85. The molecule has 0 atom stereocenters. The maximum absolute atomic E-state index is 4.35. The third kappa shape index (κ3) is 4.69. The molecule has 3 aromatic rings. The van der Waals surface area contributed by atoms with Crippen molar-refractivity contribution in [2.75, 3.05) is 5.43 Å². The number of anilines is 1. The summed E-state index contributed by atoms with van der Waals surface area (Å²) in [4.78, 5) is 4.35. The molecule has 0 bridgehead atoms. The van der Waals surface area contributed by atoms with Crippen molar-refractivity contribution < 1.29 is 0 Å². The Bertz CT molecular complexity index is 782. The maximum Gasteiger partial charge on any atom is 0.240 e. The minimum absolute atomic E-state index is 0.531. The van der Waals surface area contributed by atoms with Crippen molar-refractivity contribution in [1.82, 2.24) is 15.2 Å². The van der Waals surface area contributed by atoms with Crippen molar-refractivity contribution in [2.24, 2.45) is 5.10 Å². The number of thioether (sulfide) groups is 1. The van der Waals surface area contributed by atoms with E-state index in [4.69, 9.17) is 0 Å². The van der Waals surface area contributed by atoms with Crippen LogP contribution < -0.4 is 5.43 Å². The molecule has 0 fully saturated rings. The van der Waals surface area contributed by atoms with E-state index < -0.39 is 0 Å². The molecule has 0 unspecified atom stereocenters. The highest BCUT2D eigenvalue weighted by molar-refractivity contribution is 7.98. The number of nitrogens with zero attached hydrogens (tertiary/aromatic N) is 3. The van der Waals surface area contributed by atoms with Gasteiger partial charge in [-0.3, -0.25) is 0 Å². The van der Waals surface area contributed by atoms with E-state index >= 15 is 0 Å². The Balaban J connectivity index is 1.53. The topological polar surface area (TPSA) is 66.0 Å². The van der Waals surface area contributed by atoms with Crippen LogP contribution in [0.4, 0.5) is 5.95 Å². The van der Waals surface area contributed by atoms with E-state index in [1.807, 2.05) is 30.3 Å². The first kappa shape index (κ1) is 15.3. The average molecular weight is 323 g/mol. The zero-order chi connectivity index (χ0) is 15.9. The molecule has 0 aliphatic heterocycles. The van der Waals surface area contributed by atoms with E-state index in [1.54, 1.807) is 18.0 Å². The number of aromatic nitrogens is 3. The summed E-state index contributed by atoms with van der Waals surface area (Å²) >= 11 is 1.59. The normalized spacial score (nSPS) is 11.0. The van der Waals surface area contributed by atoms with Crippen LogP contribution in [-0.4, -0.2) is 21.4 Å². The molecule has 0 saturated carbocycles. The molecule has 0 amide bonds. The molecular weight excluding hydrogens is 306 g/mol. The molecule has 6 heteroatoms. The Morgan fingerprint density at radius 2 is 2.04 bits per heavy atom. The third-order valence-corrected chi connectivity index (χ3v) is 4.02. The smallest absolute Gasteiger partial charge is 0.240 e. The fraction of sp³-hybridized carbons (Fsp3) is 0.118. The van der Waals surface area contributed by atoms with Crippen molar-refractivity contribution in [1.29, 1.82) is 0 Å². The monoisotopic (exact) mass is 323 g/mol. The Morgan fingerprint density at radius 1 is 1.17 bits per heavy atom. The van der Waals surface area contributed by atoms with Gasteiger partial charge in [0, 0.05) is 5.75 Å². The molecule has 1 aromatic heterocycles. The Hall–Kier alpha value is -2.60. The van der Waals surface area contributed by atoms with Crippen LogP contribution in [-0.2, 0) is 5.75 Å². The summed E-state index contributed by atoms with van der Waals surface area (Å²) in [5, 5.41) is 11.8. The molecule has 0 saturated heterocycles.